The normalized spacial score (nSPS) is 11.8. The Bertz CT molecular complexity index is 1160. The van der Waals surface area contributed by atoms with Crippen molar-refractivity contribution in [3.8, 4) is 23.1 Å². The van der Waals surface area contributed by atoms with E-state index in [0.29, 0.717) is 27.5 Å². The zero-order valence-corrected chi connectivity index (χ0v) is 14.9. The van der Waals surface area contributed by atoms with Crippen molar-refractivity contribution >= 4 is 17.1 Å². The van der Waals surface area contributed by atoms with Crippen LogP contribution in [-0.4, -0.2) is 14.7 Å². The molecule has 0 spiro atoms. The molecule has 0 radical (unpaired) electrons. The number of halogens is 2. The first-order valence-electron chi connectivity index (χ1n) is 8.31. The van der Waals surface area contributed by atoms with Gasteiger partial charge in [-0.25, -0.2) is 8.91 Å². The molecular formula is C22H14ClFN2O. The Labute approximate surface area is 160 Å². The first-order chi connectivity index (χ1) is 13.1. The lowest BCUT2D eigenvalue weighted by molar-refractivity contribution is 0.240. The molecule has 0 fully saturated rings. The molecule has 2 aromatic carbocycles. The summed E-state index contributed by atoms with van der Waals surface area (Å²) in [6.45, 7) is 0. The predicted molar refractivity (Wildman–Crippen MR) is 104 cm³/mol. The summed E-state index contributed by atoms with van der Waals surface area (Å²) in [5, 5.41) is 15.7. The van der Waals surface area contributed by atoms with E-state index in [1.54, 1.807) is 28.8 Å². The van der Waals surface area contributed by atoms with Crippen LogP contribution in [0.3, 0.4) is 0 Å². The summed E-state index contributed by atoms with van der Waals surface area (Å²) >= 11 is 6.26. The number of pyridine rings is 1. The molecule has 0 aliphatic heterocycles. The van der Waals surface area contributed by atoms with E-state index >= 15 is 0 Å². The van der Waals surface area contributed by atoms with Gasteiger partial charge in [-0.15, -0.1) is 0 Å². The molecule has 0 saturated heterocycles. The minimum Gasteiger partial charge on any atom is -0.376 e. The maximum absolute atomic E-state index is 13.3. The minimum atomic E-state index is -1.08. The summed E-state index contributed by atoms with van der Waals surface area (Å²) in [7, 11) is 0. The van der Waals surface area contributed by atoms with E-state index in [-0.39, 0.29) is 5.82 Å². The Morgan fingerprint density at radius 2 is 1.70 bits per heavy atom. The smallest absolute Gasteiger partial charge is 0.144 e. The van der Waals surface area contributed by atoms with Gasteiger partial charge in [0.05, 0.1) is 5.52 Å². The van der Waals surface area contributed by atoms with Gasteiger partial charge in [0.1, 0.15) is 22.8 Å². The summed E-state index contributed by atoms with van der Waals surface area (Å²) < 4.78 is 14.9. The van der Waals surface area contributed by atoms with Crippen LogP contribution in [0.1, 0.15) is 17.2 Å². The zero-order valence-electron chi connectivity index (χ0n) is 14.1. The van der Waals surface area contributed by atoms with Crippen LogP contribution >= 0.6 is 11.6 Å². The highest BCUT2D eigenvalue weighted by Gasteiger charge is 2.21. The lowest BCUT2D eigenvalue weighted by atomic mass is 10.0. The van der Waals surface area contributed by atoms with Gasteiger partial charge in [-0.05, 0) is 48.5 Å². The number of nitrogens with zero attached hydrogens (tertiary/aromatic N) is 2. The van der Waals surface area contributed by atoms with Gasteiger partial charge in [-0.1, -0.05) is 47.7 Å². The monoisotopic (exact) mass is 376 g/mol. The van der Waals surface area contributed by atoms with Gasteiger partial charge in [0, 0.05) is 16.7 Å². The van der Waals surface area contributed by atoms with E-state index in [0.717, 1.165) is 5.56 Å². The van der Waals surface area contributed by atoms with E-state index < -0.39 is 6.10 Å². The molecule has 2 aromatic heterocycles. The molecule has 0 aliphatic carbocycles. The van der Waals surface area contributed by atoms with E-state index in [2.05, 4.69) is 16.9 Å². The van der Waals surface area contributed by atoms with Gasteiger partial charge < -0.3 is 5.11 Å². The largest absolute Gasteiger partial charge is 0.376 e. The van der Waals surface area contributed by atoms with Gasteiger partial charge in [-0.3, -0.25) is 0 Å². The van der Waals surface area contributed by atoms with Crippen molar-refractivity contribution in [2.24, 2.45) is 0 Å². The van der Waals surface area contributed by atoms with E-state index in [9.17, 15) is 9.50 Å². The van der Waals surface area contributed by atoms with Gasteiger partial charge in [0.25, 0.3) is 0 Å². The van der Waals surface area contributed by atoms with Crippen molar-refractivity contribution in [1.29, 1.82) is 0 Å². The van der Waals surface area contributed by atoms with Crippen LogP contribution in [-0.2, 0) is 0 Å². The molecule has 1 atom stereocenters. The highest BCUT2D eigenvalue weighted by molar-refractivity contribution is 6.29. The molecule has 1 unspecified atom stereocenters. The molecule has 0 aliphatic rings. The van der Waals surface area contributed by atoms with Gasteiger partial charge in [-0.2, -0.15) is 5.10 Å². The second-order valence-electron chi connectivity index (χ2n) is 5.95. The molecule has 1 N–H and O–H groups in total. The summed E-state index contributed by atoms with van der Waals surface area (Å²) in [6, 6.07) is 20.7. The molecule has 3 nitrogen and oxygen atoms in total. The number of hydrogen-bond acceptors (Lipinski definition) is 2. The Kier molecular flexibility index (Phi) is 4.64. The van der Waals surface area contributed by atoms with Crippen molar-refractivity contribution in [2.45, 2.75) is 6.10 Å². The molecule has 0 amide bonds. The lowest BCUT2D eigenvalue weighted by Gasteiger charge is -2.06. The minimum absolute atomic E-state index is 0.341. The van der Waals surface area contributed by atoms with Crippen LogP contribution in [0.2, 0.25) is 5.15 Å². The van der Waals surface area contributed by atoms with Gasteiger partial charge in [0.2, 0.25) is 0 Å². The number of aliphatic hydroxyl groups excluding tert-OH is 1. The second-order valence-corrected chi connectivity index (χ2v) is 6.34. The fourth-order valence-electron chi connectivity index (χ4n) is 2.89. The van der Waals surface area contributed by atoms with Crippen LogP contribution in [0.25, 0.3) is 16.8 Å². The third-order valence-corrected chi connectivity index (χ3v) is 4.45. The maximum atomic E-state index is 13.3. The van der Waals surface area contributed by atoms with Crippen LogP contribution in [0.5, 0.6) is 0 Å². The Morgan fingerprint density at radius 3 is 2.44 bits per heavy atom. The fraction of sp³-hybridized carbons (Fsp3) is 0.0455. The first kappa shape index (κ1) is 17.3. The maximum Gasteiger partial charge on any atom is 0.144 e. The van der Waals surface area contributed by atoms with E-state index in [1.807, 2.05) is 36.4 Å². The van der Waals surface area contributed by atoms with Crippen LogP contribution in [0.4, 0.5) is 4.39 Å². The number of rotatable bonds is 2. The van der Waals surface area contributed by atoms with Crippen LogP contribution in [0, 0.1) is 17.7 Å². The molecule has 0 saturated carbocycles. The Morgan fingerprint density at radius 1 is 0.963 bits per heavy atom. The van der Waals surface area contributed by atoms with Crippen molar-refractivity contribution in [3.63, 3.8) is 0 Å². The van der Waals surface area contributed by atoms with Gasteiger partial charge in [0.15, 0.2) is 0 Å². The molecule has 27 heavy (non-hydrogen) atoms. The molecule has 5 heteroatoms. The molecule has 132 valence electrons. The zero-order chi connectivity index (χ0) is 18.8. The Balaban J connectivity index is 1.87. The fourth-order valence-corrected chi connectivity index (χ4v) is 3.09. The molecular weight excluding hydrogens is 363 g/mol. The molecule has 0 bridgehead atoms. The van der Waals surface area contributed by atoms with E-state index in [1.165, 1.54) is 12.1 Å². The number of fused-ring (bicyclic) bond motifs is 1. The van der Waals surface area contributed by atoms with E-state index in [4.69, 9.17) is 11.6 Å². The number of hydrogen-bond donors (Lipinski definition) is 1. The SMILES string of the molecule is OC(C#Cc1ccccc1)c1c(-c2ccc(F)cc2)nn2c(Cl)cccc12. The lowest BCUT2D eigenvalue weighted by Crippen LogP contribution is -1.96. The third kappa shape index (κ3) is 3.43. The quantitative estimate of drug-likeness (QED) is 0.400. The average Bonchev–Trinajstić information content (AvgIpc) is 3.08. The molecule has 4 aromatic rings. The summed E-state index contributed by atoms with van der Waals surface area (Å²) in [5.74, 6) is 5.50. The van der Waals surface area contributed by atoms with Crippen molar-refractivity contribution < 1.29 is 9.50 Å². The van der Waals surface area contributed by atoms with Crippen molar-refractivity contribution in [2.75, 3.05) is 0 Å². The standard InChI is InChI=1S/C22H14ClFN2O/c23-20-8-4-7-18-21(19(27)14-9-15-5-2-1-3-6-15)22(25-26(18)20)16-10-12-17(24)13-11-16/h1-8,10-13,19,27H. The summed E-state index contributed by atoms with van der Waals surface area (Å²) in [6.07, 6.45) is -1.08. The number of benzene rings is 2. The highest BCUT2D eigenvalue weighted by Crippen LogP contribution is 2.32. The molecule has 4 rings (SSSR count). The summed E-state index contributed by atoms with van der Waals surface area (Å²) in [4.78, 5) is 0. The average molecular weight is 377 g/mol. The third-order valence-electron chi connectivity index (χ3n) is 4.17. The van der Waals surface area contributed by atoms with Crippen molar-refractivity contribution in [3.05, 3.63) is 94.9 Å². The number of aliphatic hydroxyl groups is 1. The van der Waals surface area contributed by atoms with Crippen LogP contribution < -0.4 is 0 Å². The summed E-state index contributed by atoms with van der Waals surface area (Å²) in [5.41, 5.74) is 3.17. The predicted octanol–water partition coefficient (Wildman–Crippen LogP) is 4.88. The Hall–Kier alpha value is -3.13. The first-order valence-corrected chi connectivity index (χ1v) is 8.69. The molecule has 2 heterocycles. The second kappa shape index (κ2) is 7.24. The highest BCUT2D eigenvalue weighted by atomic mass is 35.5. The topological polar surface area (TPSA) is 37.5 Å². The van der Waals surface area contributed by atoms with Crippen LogP contribution in [0.15, 0.2) is 72.8 Å². The number of aromatic nitrogens is 2. The van der Waals surface area contributed by atoms with Gasteiger partial charge >= 0.3 is 0 Å². The van der Waals surface area contributed by atoms with Crippen molar-refractivity contribution in [1.82, 2.24) is 9.61 Å².